The molecule has 4 nitrogen and oxygen atoms in total. The van der Waals surface area contributed by atoms with E-state index in [9.17, 15) is 18.4 Å². The molecule has 2 heterocycles. The van der Waals surface area contributed by atoms with Gasteiger partial charge in [0.2, 0.25) is 0 Å². The molecule has 158 valence electrons. The minimum Gasteiger partial charge on any atom is -0.352 e. The van der Waals surface area contributed by atoms with E-state index in [1.807, 2.05) is 6.07 Å². The van der Waals surface area contributed by atoms with Crippen molar-refractivity contribution in [3.05, 3.63) is 86.1 Å². The summed E-state index contributed by atoms with van der Waals surface area (Å²) in [6.45, 7) is 0. The predicted molar refractivity (Wildman–Crippen MR) is 114 cm³/mol. The molecule has 0 bridgehead atoms. The van der Waals surface area contributed by atoms with Gasteiger partial charge in [-0.2, -0.15) is 23.5 Å². The molecule has 0 saturated carbocycles. The minimum atomic E-state index is -4.65. The average Bonchev–Trinajstić information content (AvgIpc) is 3.33. The fourth-order valence-corrected chi connectivity index (χ4v) is 4.19. The van der Waals surface area contributed by atoms with Crippen molar-refractivity contribution in [2.45, 2.75) is 18.4 Å². The molecule has 0 spiro atoms. The lowest BCUT2D eigenvalue weighted by molar-refractivity contribution is -0.203. The number of hydrogen-bond donors (Lipinski definition) is 0. The Morgan fingerprint density at radius 3 is 2.42 bits per heavy atom. The molecule has 0 fully saturated rings. The highest BCUT2D eigenvalue weighted by molar-refractivity contribution is 9.10. The maximum absolute atomic E-state index is 13.8. The molecule has 2 aromatic carbocycles. The quantitative estimate of drug-likeness (QED) is 0.371. The van der Waals surface area contributed by atoms with Crippen molar-refractivity contribution in [2.75, 3.05) is 0 Å². The van der Waals surface area contributed by atoms with Crippen molar-refractivity contribution in [3.63, 3.8) is 0 Å². The Labute approximate surface area is 193 Å². The number of ether oxygens (including phenoxy) is 1. The van der Waals surface area contributed by atoms with Crippen LogP contribution in [0.25, 0.3) is 11.3 Å². The summed E-state index contributed by atoms with van der Waals surface area (Å²) < 4.78 is 48.8. The summed E-state index contributed by atoms with van der Waals surface area (Å²) >= 11 is 15.3. The van der Waals surface area contributed by atoms with Gasteiger partial charge < -0.3 is 4.74 Å². The first kappa shape index (κ1) is 21.9. The van der Waals surface area contributed by atoms with E-state index in [0.29, 0.717) is 15.7 Å². The Morgan fingerprint density at radius 2 is 1.84 bits per heavy atom. The third-order valence-corrected chi connectivity index (χ3v) is 5.50. The molecule has 1 aromatic heterocycles. The summed E-state index contributed by atoms with van der Waals surface area (Å²) in [5.74, 6) is 0. The minimum absolute atomic E-state index is 0.0849. The number of hydrogen-bond acceptors (Lipinski definition) is 3. The summed E-state index contributed by atoms with van der Waals surface area (Å²) in [6.07, 6.45) is -3.24. The SMILES string of the molecule is N#Cc1cc(C2=CC(c3cc(Cl)cc(Cl)c3)OC2C(F)(F)F)ccc1-n1cc(Br)cn1. The monoisotopic (exact) mass is 527 g/mol. The molecule has 3 aromatic rings. The van der Waals surface area contributed by atoms with Crippen LogP contribution in [-0.4, -0.2) is 22.1 Å². The van der Waals surface area contributed by atoms with Crippen molar-refractivity contribution in [1.82, 2.24) is 9.78 Å². The van der Waals surface area contributed by atoms with Gasteiger partial charge in [-0.05, 0) is 69.0 Å². The second-order valence-corrected chi connectivity index (χ2v) is 8.54. The molecule has 4 rings (SSSR count). The summed E-state index contributed by atoms with van der Waals surface area (Å²) in [5.41, 5.74) is 1.16. The third kappa shape index (κ3) is 4.51. The van der Waals surface area contributed by atoms with Gasteiger partial charge >= 0.3 is 6.18 Å². The van der Waals surface area contributed by atoms with Gasteiger partial charge in [0.1, 0.15) is 12.2 Å². The first-order valence-electron chi connectivity index (χ1n) is 8.80. The van der Waals surface area contributed by atoms with Gasteiger partial charge in [0.15, 0.2) is 6.10 Å². The molecule has 2 unspecified atom stereocenters. The number of rotatable bonds is 3. The topological polar surface area (TPSA) is 50.8 Å². The Morgan fingerprint density at radius 1 is 1.13 bits per heavy atom. The number of halogens is 6. The van der Waals surface area contributed by atoms with Gasteiger partial charge in [0.25, 0.3) is 0 Å². The lowest BCUT2D eigenvalue weighted by Crippen LogP contribution is -2.30. The number of aromatic nitrogens is 2. The van der Waals surface area contributed by atoms with Gasteiger partial charge in [-0.3, -0.25) is 0 Å². The smallest absolute Gasteiger partial charge is 0.352 e. The molecular formula is C21H11BrCl2F3N3O. The Hall–Kier alpha value is -2.31. The molecule has 31 heavy (non-hydrogen) atoms. The van der Waals surface area contributed by atoms with Gasteiger partial charge in [0.05, 0.1) is 21.9 Å². The maximum Gasteiger partial charge on any atom is 0.418 e. The normalized spacial score (nSPS) is 18.7. The van der Waals surface area contributed by atoms with Crippen LogP contribution in [0, 0.1) is 11.3 Å². The second kappa shape index (κ2) is 8.32. The van der Waals surface area contributed by atoms with E-state index in [1.54, 1.807) is 18.5 Å². The van der Waals surface area contributed by atoms with E-state index in [4.69, 9.17) is 27.9 Å². The highest BCUT2D eigenvalue weighted by atomic mass is 79.9. The molecule has 0 saturated heterocycles. The van der Waals surface area contributed by atoms with Gasteiger partial charge in [0, 0.05) is 16.2 Å². The van der Waals surface area contributed by atoms with Gasteiger partial charge in [-0.25, -0.2) is 4.68 Å². The van der Waals surface area contributed by atoms with Gasteiger partial charge in [-0.15, -0.1) is 0 Å². The van der Waals surface area contributed by atoms with E-state index in [-0.39, 0.29) is 26.7 Å². The van der Waals surface area contributed by atoms with Crippen molar-refractivity contribution >= 4 is 44.7 Å². The Balaban J connectivity index is 1.78. The van der Waals surface area contributed by atoms with Gasteiger partial charge in [-0.1, -0.05) is 29.3 Å². The van der Waals surface area contributed by atoms with Crippen LogP contribution in [0.2, 0.25) is 10.0 Å². The largest absolute Gasteiger partial charge is 0.418 e. The van der Waals surface area contributed by atoms with Crippen molar-refractivity contribution in [1.29, 1.82) is 5.26 Å². The molecular weight excluding hydrogens is 518 g/mol. The zero-order chi connectivity index (χ0) is 22.3. The second-order valence-electron chi connectivity index (χ2n) is 6.75. The summed E-state index contributed by atoms with van der Waals surface area (Å²) in [6, 6.07) is 11.0. The molecule has 1 aliphatic rings. The lowest BCUT2D eigenvalue weighted by Gasteiger charge is -2.20. The first-order chi connectivity index (χ1) is 14.7. The number of nitrogens with zero attached hydrogens (tertiary/aromatic N) is 3. The molecule has 10 heteroatoms. The summed E-state index contributed by atoms with van der Waals surface area (Å²) in [5, 5.41) is 14.3. The van der Waals surface area contributed by atoms with Crippen molar-refractivity contribution in [3.8, 4) is 11.8 Å². The fraction of sp³-hybridized carbons (Fsp3) is 0.143. The van der Waals surface area contributed by atoms with Crippen LogP contribution < -0.4 is 0 Å². The van der Waals surface area contributed by atoms with E-state index in [1.165, 1.54) is 41.1 Å². The molecule has 0 N–H and O–H groups in total. The van der Waals surface area contributed by atoms with Crippen LogP contribution >= 0.6 is 39.1 Å². The highest BCUT2D eigenvalue weighted by Crippen LogP contribution is 2.44. The van der Waals surface area contributed by atoms with Crippen LogP contribution in [-0.2, 0) is 4.74 Å². The molecule has 2 atom stereocenters. The summed E-state index contributed by atoms with van der Waals surface area (Å²) in [4.78, 5) is 0. The molecule has 0 radical (unpaired) electrons. The number of benzene rings is 2. The van der Waals surface area contributed by atoms with E-state index in [2.05, 4.69) is 21.0 Å². The van der Waals surface area contributed by atoms with E-state index in [0.717, 1.165) is 0 Å². The van der Waals surface area contributed by atoms with E-state index < -0.39 is 18.4 Å². The van der Waals surface area contributed by atoms with Crippen LogP contribution in [0.1, 0.15) is 22.8 Å². The molecule has 0 aliphatic carbocycles. The highest BCUT2D eigenvalue weighted by Gasteiger charge is 2.48. The zero-order valence-corrected chi connectivity index (χ0v) is 18.5. The van der Waals surface area contributed by atoms with Crippen LogP contribution in [0.3, 0.4) is 0 Å². The van der Waals surface area contributed by atoms with Crippen molar-refractivity contribution < 1.29 is 17.9 Å². The lowest BCUT2D eigenvalue weighted by atomic mass is 9.97. The fourth-order valence-electron chi connectivity index (χ4n) is 3.36. The van der Waals surface area contributed by atoms with Crippen LogP contribution in [0.5, 0.6) is 0 Å². The first-order valence-corrected chi connectivity index (χ1v) is 10.4. The number of alkyl halides is 3. The Bertz CT molecular complexity index is 1210. The molecule has 1 aliphatic heterocycles. The third-order valence-electron chi connectivity index (χ3n) is 4.66. The van der Waals surface area contributed by atoms with Crippen LogP contribution in [0.4, 0.5) is 13.2 Å². The zero-order valence-electron chi connectivity index (χ0n) is 15.4. The summed E-state index contributed by atoms with van der Waals surface area (Å²) in [7, 11) is 0. The number of nitriles is 1. The Kier molecular flexibility index (Phi) is 5.88. The molecule has 0 amide bonds. The van der Waals surface area contributed by atoms with Crippen molar-refractivity contribution in [2.24, 2.45) is 0 Å². The predicted octanol–water partition coefficient (Wildman–Crippen LogP) is 6.90. The maximum atomic E-state index is 13.8. The standard InChI is InChI=1S/C21H11BrCl2F3N3O/c22-14-9-29-30(10-14)18-2-1-11(3-13(18)8-28)17-7-19(31-20(17)21(25,26)27)12-4-15(23)6-16(24)5-12/h1-7,9-10,19-20H. The van der Waals surface area contributed by atoms with Crippen LogP contribution in [0.15, 0.2) is 59.3 Å². The van der Waals surface area contributed by atoms with E-state index >= 15 is 0 Å². The average molecular weight is 529 g/mol.